The highest BCUT2D eigenvalue weighted by molar-refractivity contribution is 6.13. The summed E-state index contributed by atoms with van der Waals surface area (Å²) >= 11 is 0. The average Bonchev–Trinajstić information content (AvgIpc) is 3.17. The minimum absolute atomic E-state index is 0.181. The van der Waals surface area contributed by atoms with E-state index in [-0.39, 0.29) is 6.79 Å². The van der Waals surface area contributed by atoms with Crippen LogP contribution in [0.1, 0.15) is 0 Å². The van der Waals surface area contributed by atoms with Gasteiger partial charge in [-0.3, -0.25) is 0 Å². The fourth-order valence-electron chi connectivity index (χ4n) is 2.86. The number of hydrogen-bond acceptors (Lipinski definition) is 5. The van der Waals surface area contributed by atoms with Crippen molar-refractivity contribution in [2.75, 3.05) is 28.1 Å². The van der Waals surface area contributed by atoms with Crippen LogP contribution < -0.4 is 23.7 Å². The molecule has 22 heavy (non-hydrogen) atoms. The highest BCUT2D eigenvalue weighted by atomic mass is 16.7. The van der Waals surface area contributed by atoms with E-state index >= 15 is 0 Å². The largest absolute Gasteiger partial charge is 0.497 e. The van der Waals surface area contributed by atoms with Crippen LogP contribution in [0.15, 0.2) is 18.2 Å². The van der Waals surface area contributed by atoms with Crippen LogP contribution in [0.2, 0.25) is 0 Å². The number of rotatable bonds is 3. The second kappa shape index (κ2) is 4.62. The molecule has 1 aliphatic rings. The summed E-state index contributed by atoms with van der Waals surface area (Å²) in [4.78, 5) is 3.36. The van der Waals surface area contributed by atoms with Crippen molar-refractivity contribution in [2.24, 2.45) is 0 Å². The Morgan fingerprint density at radius 1 is 0.818 bits per heavy atom. The molecule has 0 amide bonds. The molecule has 6 heteroatoms. The van der Waals surface area contributed by atoms with E-state index in [1.807, 2.05) is 18.2 Å². The molecule has 0 saturated heterocycles. The van der Waals surface area contributed by atoms with Gasteiger partial charge in [-0.15, -0.1) is 0 Å². The van der Waals surface area contributed by atoms with Gasteiger partial charge in [0.1, 0.15) is 11.5 Å². The maximum Gasteiger partial charge on any atom is 0.231 e. The Hall–Kier alpha value is -2.76. The molecule has 0 fully saturated rings. The smallest absolute Gasteiger partial charge is 0.231 e. The van der Waals surface area contributed by atoms with Gasteiger partial charge in [0.05, 0.1) is 32.4 Å². The molecule has 1 N–H and O–H groups in total. The van der Waals surface area contributed by atoms with Crippen LogP contribution >= 0.6 is 0 Å². The maximum absolute atomic E-state index is 5.61. The summed E-state index contributed by atoms with van der Waals surface area (Å²) in [6.45, 7) is 0.181. The van der Waals surface area contributed by atoms with Crippen LogP contribution in [0.25, 0.3) is 21.8 Å². The number of hydrogen-bond donors (Lipinski definition) is 1. The first-order valence-electron chi connectivity index (χ1n) is 6.80. The van der Waals surface area contributed by atoms with Gasteiger partial charge in [0.15, 0.2) is 11.5 Å². The minimum atomic E-state index is 0.181. The molecule has 114 valence electrons. The second-order valence-electron chi connectivity index (χ2n) is 4.94. The van der Waals surface area contributed by atoms with Crippen molar-refractivity contribution < 1.29 is 23.7 Å². The summed E-state index contributed by atoms with van der Waals surface area (Å²) in [6, 6.07) is 5.73. The Morgan fingerprint density at radius 2 is 1.55 bits per heavy atom. The number of aromatic amines is 1. The van der Waals surface area contributed by atoms with Crippen molar-refractivity contribution in [3.63, 3.8) is 0 Å². The fourth-order valence-corrected chi connectivity index (χ4v) is 2.86. The molecule has 4 rings (SSSR count). The first-order chi connectivity index (χ1) is 10.8. The van der Waals surface area contributed by atoms with Gasteiger partial charge in [0.2, 0.25) is 12.5 Å². The van der Waals surface area contributed by atoms with Crippen molar-refractivity contribution in [3.05, 3.63) is 18.2 Å². The van der Waals surface area contributed by atoms with Gasteiger partial charge in [-0.1, -0.05) is 0 Å². The molecule has 3 aromatic rings. The molecule has 0 saturated carbocycles. The van der Waals surface area contributed by atoms with Crippen LogP contribution in [-0.4, -0.2) is 33.1 Å². The lowest BCUT2D eigenvalue weighted by molar-refractivity contribution is 0.172. The topological polar surface area (TPSA) is 61.9 Å². The summed E-state index contributed by atoms with van der Waals surface area (Å²) in [6.07, 6.45) is 0. The van der Waals surface area contributed by atoms with Gasteiger partial charge in [-0.2, -0.15) is 0 Å². The Kier molecular flexibility index (Phi) is 2.72. The van der Waals surface area contributed by atoms with Crippen molar-refractivity contribution in [2.45, 2.75) is 0 Å². The average molecular weight is 301 g/mol. The maximum atomic E-state index is 5.61. The van der Waals surface area contributed by atoms with Gasteiger partial charge < -0.3 is 28.7 Å². The van der Waals surface area contributed by atoms with E-state index in [1.54, 1.807) is 21.3 Å². The predicted octanol–water partition coefficient (Wildman–Crippen LogP) is 3.08. The number of H-pyrrole nitrogens is 1. The van der Waals surface area contributed by atoms with Crippen molar-refractivity contribution in [3.8, 4) is 28.7 Å². The zero-order valence-corrected chi connectivity index (χ0v) is 12.5. The molecule has 0 spiro atoms. The Labute approximate surface area is 126 Å². The normalized spacial score (nSPS) is 12.9. The summed E-state index contributed by atoms with van der Waals surface area (Å²) < 4.78 is 27.3. The first kappa shape index (κ1) is 12.9. The zero-order chi connectivity index (χ0) is 15.3. The fraction of sp³-hybridized carbons (Fsp3) is 0.250. The molecule has 0 radical (unpaired) electrons. The summed E-state index contributed by atoms with van der Waals surface area (Å²) in [5.41, 5.74) is 1.74. The van der Waals surface area contributed by atoms with Crippen molar-refractivity contribution in [1.29, 1.82) is 0 Å². The zero-order valence-electron chi connectivity index (χ0n) is 12.5. The van der Waals surface area contributed by atoms with Crippen LogP contribution in [0, 0.1) is 0 Å². The van der Waals surface area contributed by atoms with Crippen LogP contribution in [0.3, 0.4) is 0 Å². The lowest BCUT2D eigenvalue weighted by Gasteiger charge is -2.06. The first-order valence-corrected chi connectivity index (χ1v) is 6.80. The molecule has 1 aromatic heterocycles. The van der Waals surface area contributed by atoms with Crippen LogP contribution in [-0.2, 0) is 0 Å². The monoisotopic (exact) mass is 301 g/mol. The molecule has 0 aliphatic carbocycles. The highest BCUT2D eigenvalue weighted by Crippen LogP contribution is 2.49. The van der Waals surface area contributed by atoms with Gasteiger partial charge in [-0.25, -0.2) is 0 Å². The summed E-state index contributed by atoms with van der Waals surface area (Å²) in [5, 5.41) is 1.94. The number of nitrogens with one attached hydrogen (secondary N) is 1. The number of ether oxygens (including phenoxy) is 5. The number of benzene rings is 2. The Morgan fingerprint density at radius 3 is 2.27 bits per heavy atom. The quantitative estimate of drug-likeness (QED) is 0.805. The third kappa shape index (κ3) is 1.60. The summed E-state index contributed by atoms with van der Waals surface area (Å²) in [5.74, 6) is 3.35. The van der Waals surface area contributed by atoms with E-state index in [9.17, 15) is 0 Å². The molecule has 0 unspecified atom stereocenters. The lowest BCUT2D eigenvalue weighted by Crippen LogP contribution is -1.94. The highest BCUT2D eigenvalue weighted by Gasteiger charge is 2.25. The van der Waals surface area contributed by atoms with E-state index in [0.717, 1.165) is 27.6 Å². The molecule has 1 aliphatic heterocycles. The molecular formula is C16H15NO5. The molecule has 2 aromatic carbocycles. The molecule has 0 bridgehead atoms. The van der Waals surface area contributed by atoms with Gasteiger partial charge in [0.25, 0.3) is 0 Å². The van der Waals surface area contributed by atoms with Crippen LogP contribution in [0.5, 0.6) is 28.7 Å². The third-order valence-corrected chi connectivity index (χ3v) is 3.90. The van der Waals surface area contributed by atoms with Gasteiger partial charge >= 0.3 is 0 Å². The molecular weight excluding hydrogens is 286 g/mol. The van der Waals surface area contributed by atoms with E-state index in [0.29, 0.717) is 23.0 Å². The lowest BCUT2D eigenvalue weighted by atomic mass is 10.1. The second-order valence-corrected chi connectivity index (χ2v) is 4.94. The van der Waals surface area contributed by atoms with E-state index in [1.165, 1.54) is 0 Å². The molecule has 2 heterocycles. The van der Waals surface area contributed by atoms with E-state index in [4.69, 9.17) is 23.7 Å². The third-order valence-electron chi connectivity index (χ3n) is 3.90. The van der Waals surface area contributed by atoms with Crippen LogP contribution in [0.4, 0.5) is 0 Å². The number of fused-ring (bicyclic) bond motifs is 5. The Balaban J connectivity index is 2.15. The Bertz CT molecular complexity index is 883. The summed E-state index contributed by atoms with van der Waals surface area (Å²) in [7, 11) is 4.87. The number of methoxy groups -OCH3 is 3. The van der Waals surface area contributed by atoms with E-state index in [2.05, 4.69) is 4.98 Å². The van der Waals surface area contributed by atoms with E-state index < -0.39 is 0 Å². The van der Waals surface area contributed by atoms with Gasteiger partial charge in [-0.05, 0) is 12.1 Å². The van der Waals surface area contributed by atoms with Crippen molar-refractivity contribution >= 4 is 21.8 Å². The SMILES string of the molecule is COc1cc(OC)c2[nH]c3c4c(c(OC)cc3c2c1)OCO4. The number of aromatic nitrogens is 1. The molecule has 0 atom stereocenters. The van der Waals surface area contributed by atoms with Gasteiger partial charge in [0, 0.05) is 16.8 Å². The predicted molar refractivity (Wildman–Crippen MR) is 81.6 cm³/mol. The molecule has 6 nitrogen and oxygen atoms in total. The van der Waals surface area contributed by atoms with Crippen molar-refractivity contribution in [1.82, 2.24) is 4.98 Å². The standard InChI is InChI=1S/C16H15NO5/c1-18-8-4-9-10-6-12(20-3)15-16(22-7-21-15)14(10)17-13(9)11(5-8)19-2/h4-6,17H,7H2,1-3H3. The minimum Gasteiger partial charge on any atom is -0.497 e.